The molecule has 17 heavy (non-hydrogen) atoms. The summed E-state index contributed by atoms with van der Waals surface area (Å²) in [5.74, 6) is 1.23. The third-order valence-corrected chi connectivity index (χ3v) is 3.92. The van der Waals surface area contributed by atoms with Crippen molar-refractivity contribution in [2.45, 2.75) is 59.2 Å². The van der Waals surface area contributed by atoms with Crippen LogP contribution in [0.1, 0.15) is 54.4 Å². The molecule has 0 fully saturated rings. The van der Waals surface area contributed by atoms with Crippen LogP contribution in [0.2, 0.25) is 0 Å². The van der Waals surface area contributed by atoms with Gasteiger partial charge < -0.3 is 5.32 Å². The summed E-state index contributed by atoms with van der Waals surface area (Å²) < 4.78 is 0. The van der Waals surface area contributed by atoms with Gasteiger partial charge in [-0.15, -0.1) is 0 Å². The summed E-state index contributed by atoms with van der Waals surface area (Å²) in [6.45, 7) is 13.8. The van der Waals surface area contributed by atoms with Gasteiger partial charge in [0.1, 0.15) is 0 Å². The molecule has 2 unspecified atom stereocenters. The minimum absolute atomic E-state index is 0.167. The normalized spacial score (nSPS) is 15.8. The van der Waals surface area contributed by atoms with Gasteiger partial charge in [0, 0.05) is 17.8 Å². The number of hydrogen-bond donors (Lipinski definition) is 1. The molecule has 0 saturated heterocycles. The average molecular weight is 306 g/mol. The second-order valence-electron chi connectivity index (χ2n) is 6.50. The van der Waals surface area contributed by atoms with Crippen LogP contribution in [-0.2, 0) is 4.79 Å². The van der Waals surface area contributed by atoms with E-state index in [-0.39, 0.29) is 11.3 Å². The molecule has 0 spiro atoms. The number of amides is 1. The van der Waals surface area contributed by atoms with Gasteiger partial charge in [0.05, 0.1) is 0 Å². The van der Waals surface area contributed by atoms with Crippen molar-refractivity contribution in [1.82, 2.24) is 5.32 Å². The molecule has 0 aromatic heterocycles. The summed E-state index contributed by atoms with van der Waals surface area (Å²) in [5.41, 5.74) is 0.197. The molecule has 0 aromatic carbocycles. The number of carbonyl (C=O) groups excluding carboxylic acids is 1. The highest BCUT2D eigenvalue weighted by atomic mass is 79.9. The average Bonchev–Trinajstić information content (AvgIpc) is 2.12. The van der Waals surface area contributed by atoms with Crippen LogP contribution >= 0.6 is 15.9 Å². The van der Waals surface area contributed by atoms with Crippen molar-refractivity contribution in [3.05, 3.63) is 0 Å². The van der Waals surface area contributed by atoms with Crippen LogP contribution < -0.4 is 5.32 Å². The molecule has 2 nitrogen and oxygen atoms in total. The summed E-state index contributed by atoms with van der Waals surface area (Å²) in [7, 11) is 0. The first-order chi connectivity index (χ1) is 7.62. The van der Waals surface area contributed by atoms with Gasteiger partial charge in [0.15, 0.2) is 0 Å². The van der Waals surface area contributed by atoms with Crippen LogP contribution in [0.15, 0.2) is 0 Å². The van der Waals surface area contributed by atoms with Crippen LogP contribution in [0.3, 0.4) is 0 Å². The Morgan fingerprint density at radius 2 is 1.76 bits per heavy atom. The third kappa shape index (κ3) is 8.64. The Hall–Kier alpha value is -0.0500. The SMILES string of the molecule is CC(C)CC(Br)CNC(=O)CC(C)C(C)(C)C. The molecule has 0 aromatic rings. The van der Waals surface area contributed by atoms with Crippen molar-refractivity contribution in [3.8, 4) is 0 Å². The highest BCUT2D eigenvalue weighted by Crippen LogP contribution is 2.27. The summed E-state index contributed by atoms with van der Waals surface area (Å²) in [4.78, 5) is 12.1. The first kappa shape index (κ1) is 16.9. The second-order valence-corrected chi connectivity index (χ2v) is 7.80. The van der Waals surface area contributed by atoms with Crippen molar-refractivity contribution in [2.75, 3.05) is 6.54 Å². The van der Waals surface area contributed by atoms with E-state index in [1.165, 1.54) is 0 Å². The molecule has 0 aliphatic carbocycles. The Morgan fingerprint density at radius 1 is 1.24 bits per heavy atom. The van der Waals surface area contributed by atoms with Gasteiger partial charge in [-0.3, -0.25) is 4.79 Å². The molecule has 0 aliphatic heterocycles. The third-order valence-electron chi connectivity index (χ3n) is 3.22. The second kappa shape index (κ2) is 7.40. The number of rotatable bonds is 6. The van der Waals surface area contributed by atoms with E-state index in [9.17, 15) is 4.79 Å². The molecule has 0 aliphatic rings. The Balaban J connectivity index is 3.88. The van der Waals surface area contributed by atoms with Gasteiger partial charge >= 0.3 is 0 Å². The van der Waals surface area contributed by atoms with Crippen LogP contribution in [0, 0.1) is 17.3 Å². The number of halogens is 1. The predicted octanol–water partition coefficient (Wildman–Crippen LogP) is 3.98. The highest BCUT2D eigenvalue weighted by molar-refractivity contribution is 9.09. The molecule has 2 atom stereocenters. The molecule has 1 amide bonds. The van der Waals surface area contributed by atoms with Crippen molar-refractivity contribution >= 4 is 21.8 Å². The summed E-state index contributed by atoms with van der Waals surface area (Å²) in [5, 5.41) is 3.00. The standard InChI is InChI=1S/C14H28BrNO/c1-10(2)7-12(15)9-16-13(17)8-11(3)14(4,5)6/h10-12H,7-9H2,1-6H3,(H,16,17). The van der Waals surface area contributed by atoms with E-state index in [2.05, 4.69) is 62.8 Å². The lowest BCUT2D eigenvalue weighted by molar-refractivity contribution is -0.122. The number of carbonyl (C=O) groups is 1. The fraction of sp³-hybridized carbons (Fsp3) is 0.929. The van der Waals surface area contributed by atoms with Gasteiger partial charge in [-0.2, -0.15) is 0 Å². The van der Waals surface area contributed by atoms with E-state index in [0.29, 0.717) is 23.1 Å². The molecule has 3 heteroatoms. The minimum Gasteiger partial charge on any atom is -0.355 e. The van der Waals surface area contributed by atoms with E-state index in [0.717, 1.165) is 13.0 Å². The van der Waals surface area contributed by atoms with E-state index in [1.807, 2.05) is 0 Å². The molecule has 1 N–H and O–H groups in total. The molecular formula is C14H28BrNO. The monoisotopic (exact) mass is 305 g/mol. The Kier molecular flexibility index (Phi) is 7.38. The lowest BCUT2D eigenvalue weighted by Crippen LogP contribution is -2.33. The first-order valence-electron chi connectivity index (χ1n) is 6.53. The van der Waals surface area contributed by atoms with E-state index in [4.69, 9.17) is 0 Å². The summed E-state index contributed by atoms with van der Waals surface area (Å²) in [6.07, 6.45) is 1.71. The zero-order valence-electron chi connectivity index (χ0n) is 12.1. The molecule has 0 rings (SSSR count). The Morgan fingerprint density at radius 3 is 2.18 bits per heavy atom. The fourth-order valence-corrected chi connectivity index (χ4v) is 2.39. The van der Waals surface area contributed by atoms with Crippen LogP contribution in [0.5, 0.6) is 0 Å². The van der Waals surface area contributed by atoms with Crippen LogP contribution in [0.25, 0.3) is 0 Å². The van der Waals surface area contributed by atoms with Crippen molar-refractivity contribution in [2.24, 2.45) is 17.3 Å². The molecule has 102 valence electrons. The highest BCUT2D eigenvalue weighted by Gasteiger charge is 2.22. The fourth-order valence-electron chi connectivity index (χ4n) is 1.48. The molecule has 0 radical (unpaired) electrons. The Bertz CT molecular complexity index is 233. The molecule has 0 saturated carbocycles. The maximum Gasteiger partial charge on any atom is 0.220 e. The largest absolute Gasteiger partial charge is 0.355 e. The van der Waals surface area contributed by atoms with Gasteiger partial charge in [-0.1, -0.05) is 57.5 Å². The van der Waals surface area contributed by atoms with E-state index < -0.39 is 0 Å². The molecule has 0 bridgehead atoms. The van der Waals surface area contributed by atoms with Gasteiger partial charge in [0.2, 0.25) is 5.91 Å². The maximum absolute atomic E-state index is 11.8. The molecule has 0 heterocycles. The van der Waals surface area contributed by atoms with Crippen LogP contribution in [0.4, 0.5) is 0 Å². The van der Waals surface area contributed by atoms with Crippen molar-refractivity contribution in [3.63, 3.8) is 0 Å². The van der Waals surface area contributed by atoms with Crippen molar-refractivity contribution in [1.29, 1.82) is 0 Å². The number of nitrogens with one attached hydrogen (secondary N) is 1. The first-order valence-corrected chi connectivity index (χ1v) is 7.45. The van der Waals surface area contributed by atoms with E-state index >= 15 is 0 Å². The van der Waals surface area contributed by atoms with Gasteiger partial charge in [-0.25, -0.2) is 0 Å². The topological polar surface area (TPSA) is 29.1 Å². The van der Waals surface area contributed by atoms with Crippen molar-refractivity contribution < 1.29 is 4.79 Å². The Labute approximate surface area is 115 Å². The minimum atomic E-state index is 0.167. The van der Waals surface area contributed by atoms with Gasteiger partial charge in [0.25, 0.3) is 0 Å². The molecular weight excluding hydrogens is 278 g/mol. The lowest BCUT2D eigenvalue weighted by atomic mass is 9.80. The summed E-state index contributed by atoms with van der Waals surface area (Å²) in [6, 6.07) is 0. The zero-order chi connectivity index (χ0) is 13.6. The lowest BCUT2D eigenvalue weighted by Gasteiger charge is -2.26. The van der Waals surface area contributed by atoms with Crippen LogP contribution in [-0.4, -0.2) is 17.3 Å². The smallest absolute Gasteiger partial charge is 0.220 e. The van der Waals surface area contributed by atoms with E-state index in [1.54, 1.807) is 0 Å². The number of alkyl halides is 1. The predicted molar refractivity (Wildman–Crippen MR) is 78.4 cm³/mol. The quantitative estimate of drug-likeness (QED) is 0.739. The van der Waals surface area contributed by atoms with Gasteiger partial charge in [-0.05, 0) is 23.7 Å². The summed E-state index contributed by atoms with van der Waals surface area (Å²) >= 11 is 3.60. The zero-order valence-corrected chi connectivity index (χ0v) is 13.7. The maximum atomic E-state index is 11.8. The number of hydrogen-bond acceptors (Lipinski definition) is 1.